The van der Waals surface area contributed by atoms with Gasteiger partial charge < -0.3 is 11.1 Å². The quantitative estimate of drug-likeness (QED) is 0.779. The molecule has 19 heavy (non-hydrogen) atoms. The van der Waals surface area contributed by atoms with Gasteiger partial charge in [0.2, 0.25) is 10.0 Å². The molecule has 0 heterocycles. The maximum atomic E-state index is 11.5. The molecular formula is C13H21N3O2S. The van der Waals surface area contributed by atoms with Crippen molar-refractivity contribution in [1.82, 2.24) is 0 Å². The molecule has 1 aromatic carbocycles. The maximum Gasteiger partial charge on any atom is 0.238 e. The van der Waals surface area contributed by atoms with E-state index in [-0.39, 0.29) is 10.9 Å². The molecule has 0 aliphatic heterocycles. The van der Waals surface area contributed by atoms with Crippen molar-refractivity contribution in [1.29, 1.82) is 0 Å². The van der Waals surface area contributed by atoms with Gasteiger partial charge in [-0.1, -0.05) is 6.07 Å². The van der Waals surface area contributed by atoms with Crippen molar-refractivity contribution in [2.75, 3.05) is 5.32 Å². The predicted octanol–water partition coefficient (Wildman–Crippen LogP) is 1.32. The molecule has 0 bridgehead atoms. The molecule has 0 radical (unpaired) electrons. The number of hydrogen-bond acceptors (Lipinski definition) is 4. The highest BCUT2D eigenvalue weighted by atomic mass is 32.2. The van der Waals surface area contributed by atoms with Gasteiger partial charge in [0.05, 0.1) is 4.90 Å². The Morgan fingerprint density at radius 2 is 2.05 bits per heavy atom. The third-order valence-electron chi connectivity index (χ3n) is 3.58. The summed E-state index contributed by atoms with van der Waals surface area (Å²) in [6.07, 6.45) is 4.14. The molecule has 106 valence electrons. The van der Waals surface area contributed by atoms with Gasteiger partial charge >= 0.3 is 0 Å². The second-order valence-electron chi connectivity index (χ2n) is 5.29. The van der Waals surface area contributed by atoms with Crippen LogP contribution in [0, 0.1) is 6.92 Å². The lowest BCUT2D eigenvalue weighted by Crippen LogP contribution is -2.34. The van der Waals surface area contributed by atoms with E-state index >= 15 is 0 Å². The first kappa shape index (κ1) is 14.3. The molecule has 1 aliphatic carbocycles. The van der Waals surface area contributed by atoms with Gasteiger partial charge in [-0.3, -0.25) is 0 Å². The van der Waals surface area contributed by atoms with Crippen LogP contribution in [0.25, 0.3) is 0 Å². The Balaban J connectivity index is 2.17. The summed E-state index contributed by atoms with van der Waals surface area (Å²) < 4.78 is 23.0. The van der Waals surface area contributed by atoms with Gasteiger partial charge in [0.25, 0.3) is 0 Å². The molecule has 0 amide bonds. The fourth-order valence-corrected chi connectivity index (χ4v) is 3.40. The zero-order valence-electron chi connectivity index (χ0n) is 11.1. The van der Waals surface area contributed by atoms with Gasteiger partial charge in [-0.2, -0.15) is 0 Å². The van der Waals surface area contributed by atoms with E-state index in [4.69, 9.17) is 10.9 Å². The van der Waals surface area contributed by atoms with Gasteiger partial charge in [0.15, 0.2) is 0 Å². The van der Waals surface area contributed by atoms with Crippen molar-refractivity contribution >= 4 is 15.7 Å². The average molecular weight is 283 g/mol. The molecule has 1 aliphatic rings. The van der Waals surface area contributed by atoms with Crippen LogP contribution in [0.15, 0.2) is 23.1 Å². The highest BCUT2D eigenvalue weighted by Crippen LogP contribution is 2.24. The van der Waals surface area contributed by atoms with Gasteiger partial charge in [0.1, 0.15) is 0 Å². The van der Waals surface area contributed by atoms with Crippen LogP contribution < -0.4 is 16.2 Å². The number of primary sulfonamides is 1. The largest absolute Gasteiger partial charge is 0.382 e. The summed E-state index contributed by atoms with van der Waals surface area (Å²) in [7, 11) is -3.67. The van der Waals surface area contributed by atoms with Gasteiger partial charge in [-0.15, -0.1) is 0 Å². The number of nitrogens with one attached hydrogen (secondary N) is 1. The molecule has 2 unspecified atom stereocenters. The Morgan fingerprint density at radius 1 is 1.32 bits per heavy atom. The Bertz CT molecular complexity index is 557. The Kier molecular flexibility index (Phi) is 4.13. The first-order valence-corrected chi connectivity index (χ1v) is 8.06. The summed E-state index contributed by atoms with van der Waals surface area (Å²) in [6, 6.07) is 5.79. The zero-order valence-corrected chi connectivity index (χ0v) is 11.9. The van der Waals surface area contributed by atoms with E-state index < -0.39 is 10.0 Å². The molecule has 1 saturated carbocycles. The molecule has 5 N–H and O–H groups in total. The summed E-state index contributed by atoms with van der Waals surface area (Å²) in [5.74, 6) is 0. The van der Waals surface area contributed by atoms with E-state index in [0.29, 0.717) is 11.6 Å². The minimum absolute atomic E-state index is 0.178. The highest BCUT2D eigenvalue weighted by molar-refractivity contribution is 7.89. The number of rotatable bonds is 3. The maximum absolute atomic E-state index is 11.5. The minimum Gasteiger partial charge on any atom is -0.382 e. The van der Waals surface area contributed by atoms with Crippen LogP contribution >= 0.6 is 0 Å². The first-order chi connectivity index (χ1) is 8.86. The number of nitrogens with two attached hydrogens (primary N) is 2. The number of anilines is 1. The van der Waals surface area contributed by atoms with Crippen LogP contribution in [0.2, 0.25) is 0 Å². The number of benzene rings is 1. The second kappa shape index (κ2) is 5.48. The van der Waals surface area contributed by atoms with Crippen molar-refractivity contribution in [3.05, 3.63) is 23.8 Å². The van der Waals surface area contributed by atoms with Crippen molar-refractivity contribution in [2.24, 2.45) is 10.9 Å². The van der Waals surface area contributed by atoms with E-state index in [2.05, 4.69) is 5.32 Å². The molecule has 5 nitrogen and oxygen atoms in total. The summed E-state index contributed by atoms with van der Waals surface area (Å²) >= 11 is 0. The van der Waals surface area contributed by atoms with Crippen molar-refractivity contribution in [3.63, 3.8) is 0 Å². The molecule has 0 saturated heterocycles. The Labute approximate surface area is 114 Å². The smallest absolute Gasteiger partial charge is 0.238 e. The number of sulfonamides is 1. The van der Waals surface area contributed by atoms with Crippen LogP contribution in [-0.4, -0.2) is 20.5 Å². The van der Waals surface area contributed by atoms with E-state index in [9.17, 15) is 8.42 Å². The van der Waals surface area contributed by atoms with Crippen molar-refractivity contribution in [3.8, 4) is 0 Å². The lowest BCUT2D eigenvalue weighted by Gasteiger charge is -2.28. The normalized spacial score (nSPS) is 24.2. The van der Waals surface area contributed by atoms with Crippen LogP contribution in [0.5, 0.6) is 0 Å². The van der Waals surface area contributed by atoms with E-state index in [0.717, 1.165) is 31.4 Å². The fourth-order valence-electron chi connectivity index (χ4n) is 2.59. The monoisotopic (exact) mass is 283 g/mol. The van der Waals surface area contributed by atoms with Crippen molar-refractivity contribution in [2.45, 2.75) is 49.6 Å². The molecular weight excluding hydrogens is 262 g/mol. The molecule has 6 heteroatoms. The van der Waals surface area contributed by atoms with E-state index in [1.165, 1.54) is 0 Å². The van der Waals surface area contributed by atoms with Crippen LogP contribution in [-0.2, 0) is 10.0 Å². The highest BCUT2D eigenvalue weighted by Gasteiger charge is 2.19. The molecule has 1 fully saturated rings. The molecule has 2 atom stereocenters. The fraction of sp³-hybridized carbons (Fsp3) is 0.538. The summed E-state index contributed by atoms with van der Waals surface area (Å²) in [6.45, 7) is 1.74. The van der Waals surface area contributed by atoms with Crippen LogP contribution in [0.4, 0.5) is 5.69 Å². The number of hydrogen-bond donors (Lipinski definition) is 3. The molecule has 1 aromatic rings. The summed E-state index contributed by atoms with van der Waals surface area (Å²) in [5.41, 5.74) is 7.39. The topological polar surface area (TPSA) is 98.2 Å². The van der Waals surface area contributed by atoms with Crippen LogP contribution in [0.1, 0.15) is 31.2 Å². The molecule has 0 aromatic heterocycles. The van der Waals surface area contributed by atoms with Gasteiger partial charge in [-0.25, -0.2) is 13.6 Å². The SMILES string of the molecule is Cc1ccc(NC2CCCC(N)C2)cc1S(N)(=O)=O. The third kappa shape index (κ3) is 3.68. The lowest BCUT2D eigenvalue weighted by molar-refractivity contribution is 0.409. The summed E-state index contributed by atoms with van der Waals surface area (Å²) in [5, 5.41) is 8.56. The second-order valence-corrected chi connectivity index (χ2v) is 6.82. The number of aryl methyl sites for hydroxylation is 1. The Hall–Kier alpha value is -1.11. The van der Waals surface area contributed by atoms with E-state index in [1.807, 2.05) is 6.07 Å². The minimum atomic E-state index is -3.67. The lowest BCUT2D eigenvalue weighted by atomic mass is 9.91. The van der Waals surface area contributed by atoms with Crippen LogP contribution in [0.3, 0.4) is 0 Å². The van der Waals surface area contributed by atoms with Crippen molar-refractivity contribution < 1.29 is 8.42 Å². The zero-order chi connectivity index (χ0) is 14.0. The predicted molar refractivity (Wildman–Crippen MR) is 76.4 cm³/mol. The molecule has 2 rings (SSSR count). The van der Waals surface area contributed by atoms with E-state index in [1.54, 1.807) is 19.1 Å². The third-order valence-corrected chi connectivity index (χ3v) is 4.63. The standard InChI is InChI=1S/C13H21N3O2S/c1-9-5-6-12(8-13(9)19(15,17)18)16-11-4-2-3-10(14)7-11/h5-6,8,10-11,16H,2-4,7,14H2,1H3,(H2,15,17,18). The summed E-state index contributed by atoms with van der Waals surface area (Å²) in [4.78, 5) is 0.178. The Morgan fingerprint density at radius 3 is 2.68 bits per heavy atom. The first-order valence-electron chi connectivity index (χ1n) is 6.52. The van der Waals surface area contributed by atoms with Gasteiger partial charge in [-0.05, 0) is 50.3 Å². The average Bonchev–Trinajstić information content (AvgIpc) is 2.30. The molecule has 0 spiro atoms. The van der Waals surface area contributed by atoms with Gasteiger partial charge in [0, 0.05) is 17.8 Å².